The third-order valence-electron chi connectivity index (χ3n) is 7.32. The van der Waals surface area contributed by atoms with E-state index in [1.165, 1.54) is 17.8 Å². The Morgan fingerprint density at radius 3 is 2.87 bits per heavy atom. The van der Waals surface area contributed by atoms with E-state index in [0.717, 1.165) is 11.1 Å². The lowest BCUT2D eigenvalue weighted by Gasteiger charge is -2.46. The van der Waals surface area contributed by atoms with Crippen molar-refractivity contribution in [3.63, 3.8) is 0 Å². The Kier molecular flexibility index (Phi) is 8.46. The lowest BCUT2D eigenvalue weighted by Crippen LogP contribution is -2.49. The van der Waals surface area contributed by atoms with E-state index in [2.05, 4.69) is 15.7 Å². The quantitative estimate of drug-likeness (QED) is 0.437. The summed E-state index contributed by atoms with van der Waals surface area (Å²) >= 11 is 1.49. The molecule has 10 heteroatoms. The summed E-state index contributed by atoms with van der Waals surface area (Å²) in [5, 5.41) is 11.1. The second kappa shape index (κ2) is 12.0. The maximum Gasteiger partial charge on any atom is 0.257 e. The molecule has 0 radical (unpaired) electrons. The Morgan fingerprint density at radius 2 is 2.13 bits per heavy atom. The summed E-state index contributed by atoms with van der Waals surface area (Å²) in [6.07, 6.45) is 4.28. The van der Waals surface area contributed by atoms with Crippen LogP contribution in [0.4, 0.5) is 4.39 Å². The predicted molar refractivity (Wildman–Crippen MR) is 150 cm³/mol. The van der Waals surface area contributed by atoms with Gasteiger partial charge in [-0.15, -0.1) is 0 Å². The first kappa shape index (κ1) is 27.5. The molecule has 2 aliphatic rings. The zero-order chi connectivity index (χ0) is 27.4. The second-order valence-electron chi connectivity index (χ2n) is 10.2. The van der Waals surface area contributed by atoms with Gasteiger partial charge in [0, 0.05) is 61.3 Å². The van der Waals surface area contributed by atoms with Gasteiger partial charge in [-0.3, -0.25) is 9.48 Å². The van der Waals surface area contributed by atoms with Crippen LogP contribution in [0.3, 0.4) is 0 Å². The fraction of sp³-hybridized carbons (Fsp3) is 0.414. The number of rotatable bonds is 8. The molecule has 3 heterocycles. The van der Waals surface area contributed by atoms with Crippen molar-refractivity contribution in [2.45, 2.75) is 37.6 Å². The number of nitrogens with zero attached hydrogens (tertiary/aromatic N) is 3. The first-order chi connectivity index (χ1) is 18.9. The number of aliphatic imine (C=N–C) groups is 1. The third-order valence-corrected chi connectivity index (χ3v) is 8.36. The van der Waals surface area contributed by atoms with Crippen molar-refractivity contribution in [1.82, 2.24) is 20.4 Å². The Labute approximate surface area is 232 Å². The van der Waals surface area contributed by atoms with Crippen LogP contribution >= 0.6 is 11.8 Å². The lowest BCUT2D eigenvalue weighted by molar-refractivity contribution is -0.0588. The summed E-state index contributed by atoms with van der Waals surface area (Å²) in [6, 6.07) is 14.3. The zero-order valence-electron chi connectivity index (χ0n) is 22.4. The molecule has 1 aromatic heterocycles. The Hall–Kier alpha value is -3.05. The minimum absolute atomic E-state index is 0.0102. The molecular formula is C29H34FN5O3S. The zero-order valence-corrected chi connectivity index (χ0v) is 23.2. The van der Waals surface area contributed by atoms with Gasteiger partial charge in [0.25, 0.3) is 5.91 Å². The van der Waals surface area contributed by atoms with Crippen molar-refractivity contribution < 1.29 is 18.7 Å². The molecule has 0 saturated carbocycles. The minimum atomic E-state index is -0.971. The van der Waals surface area contributed by atoms with Gasteiger partial charge in [-0.1, -0.05) is 36.0 Å². The van der Waals surface area contributed by atoms with Crippen molar-refractivity contribution in [2.75, 3.05) is 26.1 Å². The number of hydrogen-bond donors (Lipinski definition) is 2. The first-order valence-corrected chi connectivity index (χ1v) is 14.1. The average Bonchev–Trinajstić information content (AvgIpc) is 3.39. The van der Waals surface area contributed by atoms with Crippen LogP contribution in [0.15, 0.2) is 65.9 Å². The van der Waals surface area contributed by atoms with Crippen molar-refractivity contribution in [1.29, 1.82) is 0 Å². The van der Waals surface area contributed by atoms with Gasteiger partial charge in [-0.25, -0.2) is 9.38 Å². The average molecular weight is 552 g/mol. The molecule has 0 unspecified atom stereocenters. The highest BCUT2D eigenvalue weighted by Crippen LogP contribution is 2.50. The van der Waals surface area contributed by atoms with E-state index in [0.29, 0.717) is 41.6 Å². The predicted octanol–water partition coefficient (Wildman–Crippen LogP) is 4.19. The van der Waals surface area contributed by atoms with Crippen LogP contribution in [0.2, 0.25) is 0 Å². The number of benzene rings is 2. The number of fused-ring (bicyclic) bond motifs is 1. The number of ether oxygens (including phenoxy) is 2. The van der Waals surface area contributed by atoms with Crippen molar-refractivity contribution in [2.24, 2.45) is 18.0 Å². The van der Waals surface area contributed by atoms with Gasteiger partial charge in [0.1, 0.15) is 11.4 Å². The van der Waals surface area contributed by atoms with E-state index in [-0.39, 0.29) is 36.4 Å². The number of carbonyl (C=O) groups is 1. The molecule has 1 amide bonds. The van der Waals surface area contributed by atoms with E-state index >= 15 is 4.39 Å². The van der Waals surface area contributed by atoms with Crippen LogP contribution in [0.25, 0.3) is 0 Å². The van der Waals surface area contributed by atoms with Gasteiger partial charge in [-0.2, -0.15) is 5.10 Å². The van der Waals surface area contributed by atoms with Gasteiger partial charge in [-0.05, 0) is 43.2 Å². The number of amidine groups is 1. The number of carbonyl (C=O) groups excluding carboxylic acids is 1. The normalized spacial score (nSPS) is 23.5. The Balaban J connectivity index is 1.48. The van der Waals surface area contributed by atoms with Gasteiger partial charge < -0.3 is 20.1 Å². The van der Waals surface area contributed by atoms with Crippen LogP contribution in [0.1, 0.15) is 46.5 Å². The molecule has 8 nitrogen and oxygen atoms in total. The van der Waals surface area contributed by atoms with Crippen molar-refractivity contribution in [3.05, 3.63) is 89.0 Å². The SMILES string of the molecule is COC[C@@H](C)NCc1ccc(F)c([C@]23CO[C@@H](c4cnn(C)c4)C[C@H]2CSC(NC(=O)c2ccccc2)=N3)c1. The molecule has 0 spiro atoms. The topological polar surface area (TPSA) is 89.8 Å². The third kappa shape index (κ3) is 6.09. The van der Waals surface area contributed by atoms with Gasteiger partial charge >= 0.3 is 0 Å². The first-order valence-electron chi connectivity index (χ1n) is 13.1. The molecule has 2 N–H and O–H groups in total. The minimum Gasteiger partial charge on any atom is -0.383 e. The summed E-state index contributed by atoms with van der Waals surface area (Å²) in [6.45, 7) is 3.38. The van der Waals surface area contributed by atoms with Crippen LogP contribution in [0.5, 0.6) is 0 Å². The van der Waals surface area contributed by atoms with Gasteiger partial charge in [0.05, 0.1) is 25.5 Å². The fourth-order valence-corrected chi connectivity index (χ4v) is 6.39. The molecule has 5 rings (SSSR count). The van der Waals surface area contributed by atoms with Gasteiger partial charge in [0.2, 0.25) is 0 Å². The second-order valence-corrected chi connectivity index (χ2v) is 11.2. The fourth-order valence-electron chi connectivity index (χ4n) is 5.22. The van der Waals surface area contributed by atoms with Crippen LogP contribution < -0.4 is 10.6 Å². The molecule has 3 aromatic rings. The van der Waals surface area contributed by atoms with E-state index in [1.807, 2.05) is 50.6 Å². The standard InChI is InChI=1S/C29H34FN5O3S/c1-19(16-37-3)31-13-20-9-10-25(30)24(11-20)29-18-38-26(22-14-32-35(2)15-22)12-23(29)17-39-28(34-29)33-27(36)21-7-5-4-6-8-21/h4-11,14-15,19,23,26,31H,12-13,16-18H2,1-3H3,(H,33,34,36)/t19-,23+,26-,29+/m1/s1. The number of amides is 1. The number of thioether (sulfide) groups is 1. The van der Waals surface area contributed by atoms with Crippen molar-refractivity contribution in [3.8, 4) is 0 Å². The highest BCUT2D eigenvalue weighted by Gasteiger charge is 2.50. The van der Waals surface area contributed by atoms with Crippen LogP contribution in [-0.2, 0) is 28.6 Å². The Morgan fingerprint density at radius 1 is 1.31 bits per heavy atom. The summed E-state index contributed by atoms with van der Waals surface area (Å²) in [4.78, 5) is 18.0. The van der Waals surface area contributed by atoms with E-state index in [1.54, 1.807) is 30.0 Å². The molecule has 4 atom stereocenters. The molecule has 0 aliphatic carbocycles. The highest BCUT2D eigenvalue weighted by molar-refractivity contribution is 8.13. The van der Waals surface area contributed by atoms with Gasteiger partial charge in [0.15, 0.2) is 5.17 Å². The number of nitrogens with one attached hydrogen (secondary N) is 2. The summed E-state index contributed by atoms with van der Waals surface area (Å²) in [7, 11) is 3.55. The van der Waals surface area contributed by atoms with Crippen LogP contribution in [0, 0.1) is 11.7 Å². The van der Waals surface area contributed by atoms with E-state index in [4.69, 9.17) is 14.5 Å². The lowest BCUT2D eigenvalue weighted by atomic mass is 9.74. The van der Waals surface area contributed by atoms with Crippen molar-refractivity contribution >= 4 is 22.8 Å². The molecule has 1 saturated heterocycles. The number of aryl methyl sites for hydroxylation is 1. The molecule has 2 aromatic carbocycles. The largest absolute Gasteiger partial charge is 0.383 e. The molecule has 1 fully saturated rings. The number of methoxy groups -OCH3 is 1. The number of aromatic nitrogens is 2. The molecule has 39 heavy (non-hydrogen) atoms. The molecule has 2 aliphatic heterocycles. The smallest absolute Gasteiger partial charge is 0.257 e. The maximum atomic E-state index is 15.6. The number of hydrogen-bond acceptors (Lipinski definition) is 7. The summed E-state index contributed by atoms with van der Waals surface area (Å²) in [5.41, 5.74) is 2.00. The summed E-state index contributed by atoms with van der Waals surface area (Å²) in [5.74, 6) is 0.0808. The van der Waals surface area contributed by atoms with Crippen LogP contribution in [-0.4, -0.2) is 53.0 Å². The van der Waals surface area contributed by atoms with E-state index in [9.17, 15) is 4.79 Å². The monoisotopic (exact) mass is 551 g/mol. The molecular weight excluding hydrogens is 517 g/mol. The molecule has 0 bridgehead atoms. The summed E-state index contributed by atoms with van der Waals surface area (Å²) < 4.78 is 29.0. The van der Waals surface area contributed by atoms with E-state index < -0.39 is 5.54 Å². The Bertz CT molecular complexity index is 1330. The number of halogens is 1. The highest BCUT2D eigenvalue weighted by atomic mass is 32.2. The maximum absolute atomic E-state index is 15.6. The molecule has 206 valence electrons.